The number of hydrogen-bond donors (Lipinski definition) is 2. The highest BCUT2D eigenvalue weighted by Crippen LogP contribution is 2.42. The molecule has 0 aromatic heterocycles. The topological polar surface area (TPSA) is 163 Å². The summed E-state index contributed by atoms with van der Waals surface area (Å²) in [5.74, 6) is -1.45. The minimum absolute atomic E-state index is 0.0511. The van der Waals surface area contributed by atoms with Gasteiger partial charge in [-0.15, -0.1) is 0 Å². The Morgan fingerprint density at radius 3 is 1.44 bits per heavy atom. The summed E-state index contributed by atoms with van der Waals surface area (Å²) in [5.41, 5.74) is -1.58. The lowest BCUT2D eigenvalue weighted by molar-refractivity contribution is -0.386. The Labute approximate surface area is 238 Å². The second-order valence-corrected chi connectivity index (χ2v) is 10.8. The van der Waals surface area contributed by atoms with E-state index in [1.807, 2.05) is 0 Å². The van der Waals surface area contributed by atoms with Gasteiger partial charge in [0.25, 0.3) is 11.4 Å². The van der Waals surface area contributed by atoms with Gasteiger partial charge in [-0.3, -0.25) is 29.8 Å². The largest absolute Gasteiger partial charge is 0.460 e. The minimum Gasteiger partial charge on any atom is -0.460 e. The number of nitro benzene ring substituents is 2. The molecule has 2 aromatic carbocycles. The van der Waals surface area contributed by atoms with Crippen molar-refractivity contribution in [2.45, 2.75) is 51.7 Å². The number of nitrogens with one attached hydrogen (secondary N) is 2. The second kappa shape index (κ2) is 14.1. The third-order valence-electron chi connectivity index (χ3n) is 8.07. The molecule has 12 nitrogen and oxygen atoms in total. The van der Waals surface area contributed by atoms with Crippen LogP contribution in [0.3, 0.4) is 0 Å². The number of esters is 2. The highest BCUT2D eigenvalue weighted by molar-refractivity contribution is 6.00. The second-order valence-electron chi connectivity index (χ2n) is 10.8. The van der Waals surface area contributed by atoms with E-state index >= 15 is 0 Å². The van der Waals surface area contributed by atoms with Crippen LogP contribution in [0.15, 0.2) is 48.5 Å². The summed E-state index contributed by atoms with van der Waals surface area (Å²) < 4.78 is 11.4. The van der Waals surface area contributed by atoms with Gasteiger partial charge in [-0.2, -0.15) is 0 Å². The van der Waals surface area contributed by atoms with E-state index in [1.54, 1.807) is 12.1 Å². The van der Waals surface area contributed by atoms with Crippen LogP contribution in [0.25, 0.3) is 0 Å². The van der Waals surface area contributed by atoms with Gasteiger partial charge in [0.15, 0.2) is 5.41 Å². The van der Waals surface area contributed by atoms with Crippen LogP contribution in [0.5, 0.6) is 0 Å². The van der Waals surface area contributed by atoms with Gasteiger partial charge in [0.1, 0.15) is 13.2 Å². The van der Waals surface area contributed by atoms with E-state index in [2.05, 4.69) is 10.6 Å². The molecule has 0 bridgehead atoms. The summed E-state index contributed by atoms with van der Waals surface area (Å²) in [6.45, 7) is 2.28. The number of carbonyl (C=O) groups excluding carboxylic acids is 2. The predicted molar refractivity (Wildman–Crippen MR) is 149 cm³/mol. The number of hydrogen-bond acceptors (Lipinski definition) is 10. The summed E-state index contributed by atoms with van der Waals surface area (Å²) in [6.07, 6.45) is 3.49. The third-order valence-corrected chi connectivity index (χ3v) is 8.07. The summed E-state index contributed by atoms with van der Waals surface area (Å²) in [7, 11) is 0. The van der Waals surface area contributed by atoms with Crippen molar-refractivity contribution in [2.24, 2.45) is 17.3 Å². The van der Waals surface area contributed by atoms with E-state index in [9.17, 15) is 29.8 Å². The molecule has 0 spiro atoms. The number of benzene rings is 2. The maximum atomic E-state index is 14.1. The van der Waals surface area contributed by atoms with Gasteiger partial charge >= 0.3 is 11.9 Å². The molecule has 0 radical (unpaired) electrons. The van der Waals surface area contributed by atoms with E-state index in [1.165, 1.54) is 36.4 Å². The molecule has 2 N–H and O–H groups in total. The zero-order valence-corrected chi connectivity index (χ0v) is 22.9. The fourth-order valence-electron chi connectivity index (χ4n) is 5.84. The first-order valence-electron chi connectivity index (χ1n) is 14.0. The van der Waals surface area contributed by atoms with Crippen LogP contribution < -0.4 is 10.6 Å². The lowest BCUT2D eigenvalue weighted by atomic mass is 9.69. The van der Waals surface area contributed by atoms with Gasteiger partial charge in [-0.05, 0) is 88.7 Å². The lowest BCUT2D eigenvalue weighted by Gasteiger charge is -2.37. The Morgan fingerprint density at radius 2 is 1.07 bits per heavy atom. The van der Waals surface area contributed by atoms with Crippen molar-refractivity contribution in [1.82, 2.24) is 10.6 Å². The highest BCUT2D eigenvalue weighted by atomic mass is 16.6. The van der Waals surface area contributed by atoms with Crippen LogP contribution >= 0.6 is 0 Å². The summed E-state index contributed by atoms with van der Waals surface area (Å²) >= 11 is 0. The number of ether oxygens (including phenoxy) is 2. The first-order chi connectivity index (χ1) is 19.8. The van der Waals surface area contributed by atoms with Gasteiger partial charge in [0.2, 0.25) is 0 Å². The van der Waals surface area contributed by atoms with Gasteiger partial charge in [-0.1, -0.05) is 24.3 Å². The molecule has 0 saturated carbocycles. The quantitative estimate of drug-likeness (QED) is 0.165. The number of nitrogens with zero attached hydrogens (tertiary/aromatic N) is 2. The monoisotopic (exact) mass is 568 g/mol. The van der Waals surface area contributed by atoms with Crippen molar-refractivity contribution in [3.05, 3.63) is 79.9 Å². The van der Waals surface area contributed by atoms with Crippen molar-refractivity contribution in [3.8, 4) is 0 Å². The normalized spacial score (nSPS) is 16.6. The van der Waals surface area contributed by atoms with Gasteiger partial charge in [0, 0.05) is 12.1 Å². The van der Waals surface area contributed by atoms with Crippen molar-refractivity contribution in [2.75, 3.05) is 26.2 Å². The van der Waals surface area contributed by atoms with E-state index in [-0.39, 0.29) is 60.4 Å². The van der Waals surface area contributed by atoms with E-state index in [0.717, 1.165) is 51.9 Å². The molecular formula is C29H36N4O8. The molecule has 0 amide bonds. The Hall–Kier alpha value is -3.90. The number of carbonyl (C=O) groups is 2. The molecule has 12 heteroatoms. The summed E-state index contributed by atoms with van der Waals surface area (Å²) in [5, 5.41) is 29.6. The Balaban J connectivity index is 1.65. The average molecular weight is 569 g/mol. The smallest absolute Gasteiger partial charge is 0.323 e. The fraction of sp³-hybridized carbons (Fsp3) is 0.517. The molecule has 41 heavy (non-hydrogen) atoms. The Kier molecular flexibility index (Phi) is 10.4. The van der Waals surface area contributed by atoms with Gasteiger partial charge in [0.05, 0.1) is 21.0 Å². The van der Waals surface area contributed by atoms with Crippen molar-refractivity contribution in [1.29, 1.82) is 0 Å². The lowest BCUT2D eigenvalue weighted by Crippen LogP contribution is -2.47. The zero-order valence-electron chi connectivity index (χ0n) is 22.9. The van der Waals surface area contributed by atoms with Crippen molar-refractivity contribution in [3.63, 3.8) is 0 Å². The van der Waals surface area contributed by atoms with Crippen molar-refractivity contribution >= 4 is 23.3 Å². The van der Waals surface area contributed by atoms with Crippen LogP contribution in [-0.2, 0) is 32.3 Å². The van der Waals surface area contributed by atoms with E-state index in [0.29, 0.717) is 0 Å². The molecular weight excluding hydrogens is 532 g/mol. The zero-order chi connectivity index (χ0) is 29.2. The van der Waals surface area contributed by atoms with Gasteiger partial charge < -0.3 is 20.1 Å². The van der Waals surface area contributed by atoms with Crippen LogP contribution in [0.4, 0.5) is 11.4 Å². The Morgan fingerprint density at radius 1 is 0.707 bits per heavy atom. The van der Waals surface area contributed by atoms with Crippen LogP contribution in [0, 0.1) is 37.5 Å². The Bertz CT molecular complexity index is 1150. The maximum absolute atomic E-state index is 14.1. The molecule has 0 unspecified atom stereocenters. The molecule has 2 saturated heterocycles. The average Bonchev–Trinajstić information content (AvgIpc) is 2.99. The summed E-state index contributed by atoms with van der Waals surface area (Å²) in [4.78, 5) is 50.1. The number of piperidine rings is 2. The minimum atomic E-state index is -1.66. The molecule has 0 atom stereocenters. The van der Waals surface area contributed by atoms with Crippen LogP contribution in [0.2, 0.25) is 0 Å². The molecule has 2 fully saturated rings. The van der Waals surface area contributed by atoms with Gasteiger partial charge in [-0.25, -0.2) is 0 Å². The number of nitro groups is 2. The SMILES string of the molecule is O=C(OCc1ccccc1[N+](=O)[O-])C(CC1CCNCC1)(CC1CCNCC1)C(=O)OCc1ccccc1[N+](=O)[O-]. The molecule has 2 aliphatic rings. The fourth-order valence-corrected chi connectivity index (χ4v) is 5.84. The number of rotatable bonds is 12. The highest BCUT2D eigenvalue weighted by Gasteiger charge is 2.51. The van der Waals surface area contributed by atoms with E-state index < -0.39 is 27.2 Å². The molecule has 220 valence electrons. The first-order valence-corrected chi connectivity index (χ1v) is 14.0. The standard InChI is InChI=1S/C29H36N4O8/c34-27(40-19-23-5-1-3-7-25(23)32(36)37)29(17-21-9-13-30-14-10-21,18-22-11-15-31-16-12-22)28(35)41-20-24-6-2-4-8-26(24)33(38)39/h1-8,21-22,30-31H,9-20H2. The molecule has 2 aliphatic heterocycles. The summed E-state index contributed by atoms with van der Waals surface area (Å²) in [6, 6.07) is 12.0. The molecule has 2 heterocycles. The van der Waals surface area contributed by atoms with Crippen LogP contribution in [-0.4, -0.2) is 48.0 Å². The number of para-hydroxylation sites is 2. The predicted octanol–water partition coefficient (Wildman–Crippen LogP) is 4.06. The molecule has 4 rings (SSSR count). The van der Waals surface area contributed by atoms with E-state index in [4.69, 9.17) is 9.47 Å². The maximum Gasteiger partial charge on any atom is 0.323 e. The first kappa shape index (κ1) is 30.1. The molecule has 0 aliphatic carbocycles. The van der Waals surface area contributed by atoms with Crippen LogP contribution in [0.1, 0.15) is 49.7 Å². The third kappa shape index (κ3) is 7.65. The van der Waals surface area contributed by atoms with Crippen molar-refractivity contribution < 1.29 is 28.9 Å². The molecule has 2 aromatic rings.